The normalized spacial score (nSPS) is 21.4. The fourth-order valence-electron chi connectivity index (χ4n) is 3.05. The van der Waals surface area contributed by atoms with Crippen LogP contribution in [0.3, 0.4) is 0 Å². The number of hydrogen-bond acceptors (Lipinski definition) is 2. The Morgan fingerprint density at radius 1 is 1.00 bits per heavy atom. The summed E-state index contributed by atoms with van der Waals surface area (Å²) < 4.78 is 0. The van der Waals surface area contributed by atoms with Crippen molar-refractivity contribution in [2.45, 2.75) is 25.6 Å². The van der Waals surface area contributed by atoms with Crippen LogP contribution < -0.4 is 5.73 Å². The second kappa shape index (κ2) is 4.46. The van der Waals surface area contributed by atoms with Crippen molar-refractivity contribution in [3.05, 3.63) is 71.3 Å². The average Bonchev–Trinajstić information content (AvgIpc) is 2.70. The summed E-state index contributed by atoms with van der Waals surface area (Å²) in [5.41, 5.74) is 8.36. The van der Waals surface area contributed by atoms with Crippen molar-refractivity contribution in [2.24, 2.45) is 5.73 Å². The van der Waals surface area contributed by atoms with E-state index in [9.17, 15) is 4.79 Å². The zero-order valence-electron chi connectivity index (χ0n) is 11.7. The van der Waals surface area contributed by atoms with Crippen LogP contribution in [0.15, 0.2) is 54.6 Å². The molecule has 0 fully saturated rings. The van der Waals surface area contributed by atoms with E-state index in [0.717, 1.165) is 11.1 Å². The van der Waals surface area contributed by atoms with Gasteiger partial charge in [-0.05, 0) is 25.5 Å². The molecule has 3 rings (SSSR count). The Morgan fingerprint density at radius 2 is 1.60 bits per heavy atom. The maximum atomic E-state index is 12.7. The van der Waals surface area contributed by atoms with Crippen molar-refractivity contribution in [3.8, 4) is 0 Å². The van der Waals surface area contributed by atoms with Crippen molar-refractivity contribution in [3.63, 3.8) is 0 Å². The molecule has 2 aromatic rings. The number of benzene rings is 2. The second-order valence-electron chi connectivity index (χ2n) is 5.45. The molecule has 1 atom stereocenters. The van der Waals surface area contributed by atoms with Crippen LogP contribution in [-0.2, 0) is 5.66 Å². The minimum Gasteiger partial charge on any atom is -0.310 e. The largest absolute Gasteiger partial charge is 0.310 e. The highest BCUT2D eigenvalue weighted by molar-refractivity contribution is 6.00. The van der Waals surface area contributed by atoms with Gasteiger partial charge in [0.25, 0.3) is 5.91 Å². The lowest BCUT2D eigenvalue weighted by Gasteiger charge is -2.39. The molecule has 1 unspecified atom stereocenters. The molecule has 1 heterocycles. The third-order valence-electron chi connectivity index (χ3n) is 3.90. The van der Waals surface area contributed by atoms with Gasteiger partial charge in [-0.15, -0.1) is 0 Å². The first-order valence-electron chi connectivity index (χ1n) is 6.84. The Kier molecular flexibility index (Phi) is 2.87. The quantitative estimate of drug-likeness (QED) is 0.908. The molecule has 0 bridgehead atoms. The molecule has 20 heavy (non-hydrogen) atoms. The Labute approximate surface area is 119 Å². The van der Waals surface area contributed by atoms with Crippen molar-refractivity contribution < 1.29 is 4.79 Å². The zero-order valence-corrected chi connectivity index (χ0v) is 11.7. The van der Waals surface area contributed by atoms with E-state index in [1.165, 1.54) is 0 Å². The summed E-state index contributed by atoms with van der Waals surface area (Å²) in [7, 11) is 0. The first-order chi connectivity index (χ1) is 9.56. The summed E-state index contributed by atoms with van der Waals surface area (Å²) in [5.74, 6) is 0.00181. The molecule has 102 valence electrons. The van der Waals surface area contributed by atoms with Crippen molar-refractivity contribution >= 4 is 5.91 Å². The zero-order chi connectivity index (χ0) is 14.3. The summed E-state index contributed by atoms with van der Waals surface area (Å²) >= 11 is 0. The van der Waals surface area contributed by atoms with E-state index in [-0.39, 0.29) is 11.9 Å². The molecule has 0 spiro atoms. The molecule has 0 saturated carbocycles. The lowest BCUT2D eigenvalue weighted by Crippen LogP contribution is -2.54. The van der Waals surface area contributed by atoms with Gasteiger partial charge in [0, 0.05) is 17.2 Å². The van der Waals surface area contributed by atoms with E-state index < -0.39 is 5.66 Å². The van der Waals surface area contributed by atoms with Crippen LogP contribution in [0.5, 0.6) is 0 Å². The topological polar surface area (TPSA) is 46.3 Å². The number of amides is 1. The Hall–Kier alpha value is -2.13. The number of nitrogens with zero attached hydrogens (tertiary/aromatic N) is 1. The van der Waals surface area contributed by atoms with E-state index in [1.807, 2.05) is 68.4 Å². The standard InChI is InChI=1S/C17H18N2O/c1-12(2)19-16(20)14-10-6-7-11-15(14)17(19,18)13-8-4-3-5-9-13/h3-12H,18H2,1-2H3. The van der Waals surface area contributed by atoms with Crippen LogP contribution in [0.25, 0.3) is 0 Å². The molecular weight excluding hydrogens is 248 g/mol. The van der Waals surface area contributed by atoms with Crippen molar-refractivity contribution in [2.75, 3.05) is 0 Å². The van der Waals surface area contributed by atoms with Gasteiger partial charge in [-0.25, -0.2) is 0 Å². The third-order valence-corrected chi connectivity index (χ3v) is 3.90. The lowest BCUT2D eigenvalue weighted by atomic mass is 9.91. The molecule has 0 radical (unpaired) electrons. The first-order valence-corrected chi connectivity index (χ1v) is 6.84. The highest BCUT2D eigenvalue weighted by atomic mass is 16.2. The molecule has 0 aromatic heterocycles. The number of carbonyl (C=O) groups excluding carboxylic acids is 1. The van der Waals surface area contributed by atoms with Crippen LogP contribution >= 0.6 is 0 Å². The van der Waals surface area contributed by atoms with Gasteiger partial charge in [0.05, 0.1) is 0 Å². The summed E-state index contributed by atoms with van der Waals surface area (Å²) in [5, 5.41) is 0. The molecule has 2 aromatic carbocycles. The van der Waals surface area contributed by atoms with E-state index >= 15 is 0 Å². The molecule has 3 nitrogen and oxygen atoms in total. The van der Waals surface area contributed by atoms with Crippen LogP contribution in [0.4, 0.5) is 0 Å². The minimum atomic E-state index is -0.886. The predicted octanol–water partition coefficient (Wildman–Crippen LogP) is 2.71. The summed E-state index contributed by atoms with van der Waals surface area (Å²) in [6, 6.07) is 17.5. The summed E-state index contributed by atoms with van der Waals surface area (Å²) in [6.07, 6.45) is 0. The monoisotopic (exact) mass is 266 g/mol. The highest BCUT2D eigenvalue weighted by Crippen LogP contribution is 2.41. The molecule has 1 aliphatic rings. The van der Waals surface area contributed by atoms with Gasteiger partial charge in [-0.1, -0.05) is 48.5 Å². The van der Waals surface area contributed by atoms with Gasteiger partial charge < -0.3 is 10.6 Å². The fourth-order valence-corrected chi connectivity index (χ4v) is 3.05. The molecule has 1 amide bonds. The lowest BCUT2D eigenvalue weighted by molar-refractivity contribution is 0.0543. The van der Waals surface area contributed by atoms with E-state index in [1.54, 1.807) is 4.90 Å². The predicted molar refractivity (Wildman–Crippen MR) is 79.2 cm³/mol. The number of fused-ring (bicyclic) bond motifs is 1. The number of rotatable bonds is 2. The smallest absolute Gasteiger partial charge is 0.256 e. The fraction of sp³-hybridized carbons (Fsp3) is 0.235. The summed E-state index contributed by atoms with van der Waals surface area (Å²) in [4.78, 5) is 14.4. The Balaban J connectivity index is 2.28. The maximum Gasteiger partial charge on any atom is 0.256 e. The van der Waals surface area contributed by atoms with Gasteiger partial charge in [-0.2, -0.15) is 0 Å². The Bertz CT molecular complexity index is 651. The van der Waals surface area contributed by atoms with Gasteiger partial charge in [0.15, 0.2) is 0 Å². The number of nitrogens with two attached hydrogens (primary N) is 1. The van der Waals surface area contributed by atoms with Crippen LogP contribution in [0, 0.1) is 0 Å². The number of hydrogen-bond donors (Lipinski definition) is 1. The SMILES string of the molecule is CC(C)N1C(=O)c2ccccc2C1(N)c1ccccc1. The second-order valence-corrected chi connectivity index (χ2v) is 5.45. The van der Waals surface area contributed by atoms with E-state index in [0.29, 0.717) is 5.56 Å². The van der Waals surface area contributed by atoms with Crippen LogP contribution in [0.2, 0.25) is 0 Å². The van der Waals surface area contributed by atoms with Crippen LogP contribution in [-0.4, -0.2) is 16.8 Å². The first kappa shape index (κ1) is 12.9. The minimum absolute atomic E-state index is 0.00181. The van der Waals surface area contributed by atoms with Crippen molar-refractivity contribution in [1.29, 1.82) is 0 Å². The van der Waals surface area contributed by atoms with Gasteiger partial charge in [-0.3, -0.25) is 4.79 Å². The van der Waals surface area contributed by atoms with Gasteiger partial charge in [0.2, 0.25) is 0 Å². The molecule has 3 heteroatoms. The molecule has 0 saturated heterocycles. The van der Waals surface area contributed by atoms with Crippen LogP contribution in [0.1, 0.15) is 35.3 Å². The van der Waals surface area contributed by atoms with E-state index in [2.05, 4.69) is 0 Å². The van der Waals surface area contributed by atoms with E-state index in [4.69, 9.17) is 5.73 Å². The average molecular weight is 266 g/mol. The Morgan fingerprint density at radius 3 is 2.25 bits per heavy atom. The third kappa shape index (κ3) is 1.60. The highest BCUT2D eigenvalue weighted by Gasteiger charge is 2.48. The van der Waals surface area contributed by atoms with Gasteiger partial charge >= 0.3 is 0 Å². The van der Waals surface area contributed by atoms with Crippen molar-refractivity contribution in [1.82, 2.24) is 4.90 Å². The molecule has 2 N–H and O–H groups in total. The maximum absolute atomic E-state index is 12.7. The molecular formula is C17H18N2O. The summed E-state index contributed by atoms with van der Waals surface area (Å²) in [6.45, 7) is 3.99. The molecule has 1 aliphatic heterocycles. The molecule has 0 aliphatic carbocycles. The van der Waals surface area contributed by atoms with Gasteiger partial charge in [0.1, 0.15) is 5.66 Å². The number of carbonyl (C=O) groups is 1.